The molecule has 0 fully saturated rings. The minimum atomic E-state index is 0.951. The first kappa shape index (κ1) is 15.3. The zero-order valence-corrected chi connectivity index (χ0v) is 14.0. The van der Waals surface area contributed by atoms with E-state index in [1.807, 2.05) is 13.0 Å². The van der Waals surface area contributed by atoms with Gasteiger partial charge >= 0.3 is 0 Å². The van der Waals surface area contributed by atoms with E-state index in [0.717, 1.165) is 41.9 Å². The van der Waals surface area contributed by atoms with Crippen LogP contribution in [0, 0.1) is 6.92 Å². The fourth-order valence-electron chi connectivity index (χ4n) is 2.38. The molecule has 0 bridgehead atoms. The number of pyridine rings is 1. The largest absolute Gasteiger partial charge is 0.383 e. The SMILES string of the molecule is CCN(CC)CCNc1cc(C)nc2c(Br)cccc12. The van der Waals surface area contributed by atoms with Crippen molar-refractivity contribution in [1.82, 2.24) is 9.88 Å². The summed E-state index contributed by atoms with van der Waals surface area (Å²) in [6.45, 7) is 10.6. The van der Waals surface area contributed by atoms with Crippen LogP contribution in [0.4, 0.5) is 5.69 Å². The molecule has 0 amide bonds. The van der Waals surface area contributed by atoms with Crippen molar-refractivity contribution in [2.75, 3.05) is 31.5 Å². The summed E-state index contributed by atoms with van der Waals surface area (Å²) in [6, 6.07) is 8.33. The summed E-state index contributed by atoms with van der Waals surface area (Å²) in [5, 5.41) is 4.72. The van der Waals surface area contributed by atoms with Gasteiger partial charge in [0.1, 0.15) is 0 Å². The van der Waals surface area contributed by atoms with E-state index in [1.165, 1.54) is 11.1 Å². The Labute approximate surface area is 129 Å². The highest BCUT2D eigenvalue weighted by molar-refractivity contribution is 9.10. The molecule has 2 rings (SSSR count). The van der Waals surface area contributed by atoms with Crippen molar-refractivity contribution in [2.24, 2.45) is 0 Å². The highest BCUT2D eigenvalue weighted by atomic mass is 79.9. The second-order valence-electron chi connectivity index (χ2n) is 4.90. The van der Waals surface area contributed by atoms with Gasteiger partial charge in [-0.2, -0.15) is 0 Å². The van der Waals surface area contributed by atoms with Crippen molar-refractivity contribution in [3.63, 3.8) is 0 Å². The van der Waals surface area contributed by atoms with Crippen molar-refractivity contribution in [3.8, 4) is 0 Å². The summed E-state index contributed by atoms with van der Waals surface area (Å²) in [4.78, 5) is 7.03. The Morgan fingerprint density at radius 2 is 2.00 bits per heavy atom. The zero-order valence-electron chi connectivity index (χ0n) is 12.4. The average molecular weight is 336 g/mol. The van der Waals surface area contributed by atoms with Crippen LogP contribution in [-0.2, 0) is 0 Å². The molecule has 2 aromatic rings. The predicted octanol–water partition coefficient (Wildman–Crippen LogP) is 4.06. The first-order valence-electron chi connectivity index (χ1n) is 7.17. The van der Waals surface area contributed by atoms with E-state index in [1.54, 1.807) is 0 Å². The van der Waals surface area contributed by atoms with E-state index in [-0.39, 0.29) is 0 Å². The lowest BCUT2D eigenvalue weighted by Crippen LogP contribution is -2.28. The van der Waals surface area contributed by atoms with Crippen molar-refractivity contribution in [2.45, 2.75) is 20.8 Å². The van der Waals surface area contributed by atoms with Gasteiger partial charge in [0.2, 0.25) is 0 Å². The summed E-state index contributed by atoms with van der Waals surface area (Å²) >= 11 is 3.58. The van der Waals surface area contributed by atoms with Crippen molar-refractivity contribution in [3.05, 3.63) is 34.4 Å². The lowest BCUT2D eigenvalue weighted by Gasteiger charge is -2.19. The third-order valence-electron chi connectivity index (χ3n) is 3.56. The zero-order chi connectivity index (χ0) is 14.5. The van der Waals surface area contributed by atoms with Crippen LogP contribution in [0.2, 0.25) is 0 Å². The predicted molar refractivity (Wildman–Crippen MR) is 90.5 cm³/mol. The summed E-state index contributed by atoms with van der Waals surface area (Å²) in [5.74, 6) is 0. The molecule has 0 atom stereocenters. The molecule has 0 aliphatic heterocycles. The molecule has 1 aromatic carbocycles. The molecule has 0 unspecified atom stereocenters. The van der Waals surface area contributed by atoms with Gasteiger partial charge in [-0.3, -0.25) is 4.98 Å². The Balaban J connectivity index is 2.19. The minimum absolute atomic E-state index is 0.951. The number of likely N-dealkylation sites (N-methyl/N-ethyl adjacent to an activating group) is 1. The number of benzene rings is 1. The van der Waals surface area contributed by atoms with Gasteiger partial charge in [0.05, 0.1) is 5.52 Å². The second kappa shape index (κ2) is 7.04. The van der Waals surface area contributed by atoms with Gasteiger partial charge < -0.3 is 10.2 Å². The number of nitrogens with zero attached hydrogens (tertiary/aromatic N) is 2. The lowest BCUT2D eigenvalue weighted by atomic mass is 10.1. The van der Waals surface area contributed by atoms with E-state index < -0.39 is 0 Å². The van der Waals surface area contributed by atoms with Crippen LogP contribution in [-0.4, -0.2) is 36.1 Å². The molecule has 1 aromatic heterocycles. The smallest absolute Gasteiger partial charge is 0.0867 e. The molecule has 1 N–H and O–H groups in total. The molecule has 0 radical (unpaired) electrons. The van der Waals surface area contributed by atoms with Crippen LogP contribution >= 0.6 is 15.9 Å². The maximum Gasteiger partial charge on any atom is 0.0867 e. The van der Waals surface area contributed by atoms with Crippen LogP contribution < -0.4 is 5.32 Å². The highest BCUT2D eigenvalue weighted by Crippen LogP contribution is 2.28. The molecule has 1 heterocycles. The molecule has 4 heteroatoms. The van der Waals surface area contributed by atoms with Gasteiger partial charge in [0.15, 0.2) is 0 Å². The van der Waals surface area contributed by atoms with Gasteiger partial charge in [0.25, 0.3) is 0 Å². The molecule has 108 valence electrons. The number of aromatic nitrogens is 1. The first-order valence-corrected chi connectivity index (χ1v) is 7.97. The number of anilines is 1. The van der Waals surface area contributed by atoms with E-state index in [9.17, 15) is 0 Å². The maximum absolute atomic E-state index is 4.61. The van der Waals surface area contributed by atoms with Gasteiger partial charge in [-0.25, -0.2) is 0 Å². The minimum Gasteiger partial charge on any atom is -0.383 e. The molecule has 0 aliphatic carbocycles. The van der Waals surface area contributed by atoms with Crippen LogP contribution in [0.1, 0.15) is 19.5 Å². The number of nitrogens with one attached hydrogen (secondary N) is 1. The molecular weight excluding hydrogens is 314 g/mol. The molecule has 0 spiro atoms. The molecule has 0 saturated carbocycles. The average Bonchev–Trinajstić information content (AvgIpc) is 2.44. The van der Waals surface area contributed by atoms with Crippen molar-refractivity contribution < 1.29 is 0 Å². The number of aryl methyl sites for hydroxylation is 1. The Bertz CT molecular complexity index is 579. The van der Waals surface area contributed by atoms with Gasteiger partial charge in [-0.1, -0.05) is 26.0 Å². The molecule has 20 heavy (non-hydrogen) atoms. The van der Waals surface area contributed by atoms with Gasteiger partial charge in [-0.05, 0) is 48.1 Å². The Morgan fingerprint density at radius 1 is 1.25 bits per heavy atom. The Morgan fingerprint density at radius 3 is 2.70 bits per heavy atom. The van der Waals surface area contributed by atoms with Gasteiger partial charge in [-0.15, -0.1) is 0 Å². The van der Waals surface area contributed by atoms with E-state index in [0.29, 0.717) is 0 Å². The second-order valence-corrected chi connectivity index (χ2v) is 5.76. The third-order valence-corrected chi connectivity index (χ3v) is 4.20. The number of para-hydroxylation sites is 1. The fourth-order valence-corrected chi connectivity index (χ4v) is 2.83. The van der Waals surface area contributed by atoms with Crippen LogP contribution in [0.25, 0.3) is 10.9 Å². The van der Waals surface area contributed by atoms with Crippen LogP contribution in [0.5, 0.6) is 0 Å². The normalized spacial score (nSPS) is 11.2. The monoisotopic (exact) mass is 335 g/mol. The summed E-state index contributed by atoms with van der Waals surface area (Å²) in [5.41, 5.74) is 3.23. The number of rotatable bonds is 6. The van der Waals surface area contributed by atoms with E-state index in [4.69, 9.17) is 0 Å². The standard InChI is InChI=1S/C16H22BrN3/c1-4-20(5-2)10-9-18-15-11-12(3)19-16-13(15)7-6-8-14(16)17/h6-8,11H,4-5,9-10H2,1-3H3,(H,18,19). The quantitative estimate of drug-likeness (QED) is 0.862. The fraction of sp³-hybridized carbons (Fsp3) is 0.438. The summed E-state index contributed by atoms with van der Waals surface area (Å²) in [6.07, 6.45) is 0. The number of hydrogen-bond acceptors (Lipinski definition) is 3. The topological polar surface area (TPSA) is 28.2 Å². The number of halogens is 1. The third kappa shape index (κ3) is 3.49. The molecule has 0 aliphatic rings. The van der Waals surface area contributed by atoms with E-state index in [2.05, 4.69) is 63.2 Å². The Kier molecular flexibility index (Phi) is 5.38. The first-order chi connectivity index (χ1) is 9.65. The molecule has 0 saturated heterocycles. The van der Waals surface area contributed by atoms with Crippen LogP contribution in [0.3, 0.4) is 0 Å². The number of fused-ring (bicyclic) bond motifs is 1. The highest BCUT2D eigenvalue weighted by Gasteiger charge is 2.07. The number of hydrogen-bond donors (Lipinski definition) is 1. The van der Waals surface area contributed by atoms with Crippen molar-refractivity contribution >= 4 is 32.5 Å². The molecular formula is C16H22BrN3. The Hall–Kier alpha value is -1.13. The van der Waals surface area contributed by atoms with Gasteiger partial charge in [0, 0.05) is 34.3 Å². The van der Waals surface area contributed by atoms with E-state index >= 15 is 0 Å². The lowest BCUT2D eigenvalue weighted by molar-refractivity contribution is 0.316. The maximum atomic E-state index is 4.61. The summed E-state index contributed by atoms with van der Waals surface area (Å²) < 4.78 is 1.05. The van der Waals surface area contributed by atoms with Crippen molar-refractivity contribution in [1.29, 1.82) is 0 Å². The summed E-state index contributed by atoms with van der Waals surface area (Å²) in [7, 11) is 0. The van der Waals surface area contributed by atoms with Crippen LogP contribution in [0.15, 0.2) is 28.7 Å². The molecule has 3 nitrogen and oxygen atoms in total.